The van der Waals surface area contributed by atoms with Gasteiger partial charge in [0.25, 0.3) is 0 Å². The van der Waals surface area contributed by atoms with Crippen LogP contribution in [0.5, 0.6) is 0 Å². The van der Waals surface area contributed by atoms with E-state index in [-0.39, 0.29) is 17.8 Å². The van der Waals surface area contributed by atoms with Crippen LogP contribution in [-0.4, -0.2) is 28.4 Å². The summed E-state index contributed by atoms with van der Waals surface area (Å²) in [6.45, 7) is 7.49. The number of carbonyl (C=O) groups is 1. The first kappa shape index (κ1) is 21.4. The van der Waals surface area contributed by atoms with Crippen molar-refractivity contribution in [3.63, 3.8) is 0 Å². The molecule has 1 aliphatic rings. The normalized spacial score (nSPS) is 19.0. The molecule has 0 bridgehead atoms. The molecule has 3 rings (SSSR count). The van der Waals surface area contributed by atoms with Crippen LogP contribution in [0.3, 0.4) is 0 Å². The Hall–Kier alpha value is -2.27. The average Bonchev–Trinajstić information content (AvgIpc) is 2.69. The van der Waals surface area contributed by atoms with E-state index in [2.05, 4.69) is 15.2 Å². The van der Waals surface area contributed by atoms with E-state index in [1.54, 1.807) is 18.3 Å². The van der Waals surface area contributed by atoms with Gasteiger partial charge in [0.1, 0.15) is 5.82 Å². The summed E-state index contributed by atoms with van der Waals surface area (Å²) < 4.78 is 13.6. The fourth-order valence-corrected chi connectivity index (χ4v) is 3.89. The minimum absolute atomic E-state index is 0.0284. The summed E-state index contributed by atoms with van der Waals surface area (Å²) in [7, 11) is 0. The third kappa shape index (κ3) is 6.10. The summed E-state index contributed by atoms with van der Waals surface area (Å²) >= 11 is 0. The number of rotatable bonds is 6. The standard InChI is InChI=1S/C24H32FN3O/c1-24(2,3)23(29)27-22(21-12-4-6-13-26-21)16-20-11-5-7-14-28(20)17-18-9-8-10-19(25)15-18/h4,6,8-10,12-13,15,20,22H,5,7,11,14,16-17H2,1-3H3,(H,27,29)/t20-,22+/m0/s1. The Labute approximate surface area is 173 Å². The van der Waals surface area contributed by atoms with Crippen molar-refractivity contribution < 1.29 is 9.18 Å². The van der Waals surface area contributed by atoms with E-state index in [1.165, 1.54) is 12.5 Å². The van der Waals surface area contributed by atoms with Crippen molar-refractivity contribution >= 4 is 5.91 Å². The predicted molar refractivity (Wildman–Crippen MR) is 114 cm³/mol. The molecule has 0 unspecified atom stereocenters. The van der Waals surface area contributed by atoms with E-state index in [9.17, 15) is 9.18 Å². The molecule has 2 heterocycles. The maximum absolute atomic E-state index is 13.6. The lowest BCUT2D eigenvalue weighted by Gasteiger charge is -2.38. The number of pyridine rings is 1. The van der Waals surface area contributed by atoms with Crippen molar-refractivity contribution in [2.24, 2.45) is 5.41 Å². The summed E-state index contributed by atoms with van der Waals surface area (Å²) in [4.78, 5) is 19.7. The number of likely N-dealkylation sites (tertiary alicyclic amines) is 1. The van der Waals surface area contributed by atoms with Crippen molar-refractivity contribution in [1.82, 2.24) is 15.2 Å². The number of halogens is 1. The number of piperidine rings is 1. The van der Waals surface area contributed by atoms with E-state index in [0.717, 1.165) is 43.6 Å². The van der Waals surface area contributed by atoms with Crippen LogP contribution in [0.25, 0.3) is 0 Å². The molecule has 0 radical (unpaired) electrons. The van der Waals surface area contributed by atoms with Crippen LogP contribution < -0.4 is 5.32 Å². The molecule has 0 aliphatic carbocycles. The molecule has 1 aromatic heterocycles. The molecule has 0 saturated carbocycles. The highest BCUT2D eigenvalue weighted by molar-refractivity contribution is 5.81. The lowest BCUT2D eigenvalue weighted by Crippen LogP contribution is -2.44. The minimum atomic E-state index is -0.457. The number of hydrogen-bond donors (Lipinski definition) is 1. The summed E-state index contributed by atoms with van der Waals surface area (Å²) in [6, 6.07) is 12.9. The summed E-state index contributed by atoms with van der Waals surface area (Å²) in [5.74, 6) is -0.166. The maximum Gasteiger partial charge on any atom is 0.225 e. The minimum Gasteiger partial charge on any atom is -0.347 e. The monoisotopic (exact) mass is 397 g/mol. The highest BCUT2D eigenvalue weighted by Crippen LogP contribution is 2.28. The number of hydrogen-bond acceptors (Lipinski definition) is 3. The topological polar surface area (TPSA) is 45.2 Å². The molecular formula is C24H32FN3O. The van der Waals surface area contributed by atoms with Crippen molar-refractivity contribution in [1.29, 1.82) is 0 Å². The van der Waals surface area contributed by atoms with Crippen LogP contribution >= 0.6 is 0 Å². The molecule has 1 aromatic carbocycles. The number of carbonyl (C=O) groups excluding carboxylic acids is 1. The van der Waals surface area contributed by atoms with Crippen LogP contribution in [0.2, 0.25) is 0 Å². The molecule has 1 amide bonds. The Morgan fingerprint density at radius 1 is 1.24 bits per heavy atom. The first-order chi connectivity index (χ1) is 13.8. The van der Waals surface area contributed by atoms with Crippen LogP contribution in [0, 0.1) is 11.2 Å². The molecule has 29 heavy (non-hydrogen) atoms. The molecule has 1 aliphatic heterocycles. The summed E-state index contributed by atoms with van der Waals surface area (Å²) in [6.07, 6.45) is 5.97. The van der Waals surface area contributed by atoms with Gasteiger partial charge in [-0.15, -0.1) is 0 Å². The van der Waals surface area contributed by atoms with E-state index in [0.29, 0.717) is 6.04 Å². The first-order valence-corrected chi connectivity index (χ1v) is 10.5. The molecule has 2 aromatic rings. The zero-order chi connectivity index (χ0) is 20.9. The van der Waals surface area contributed by atoms with Gasteiger partial charge in [0.05, 0.1) is 11.7 Å². The van der Waals surface area contributed by atoms with Crippen molar-refractivity contribution in [2.45, 2.75) is 65.1 Å². The molecule has 1 saturated heterocycles. The van der Waals surface area contributed by atoms with Crippen LogP contribution in [0.4, 0.5) is 4.39 Å². The summed E-state index contributed by atoms with van der Waals surface area (Å²) in [5.41, 5.74) is 1.42. The van der Waals surface area contributed by atoms with Gasteiger partial charge in [0.2, 0.25) is 5.91 Å². The third-order valence-corrected chi connectivity index (χ3v) is 5.56. The molecular weight excluding hydrogens is 365 g/mol. The highest BCUT2D eigenvalue weighted by Gasteiger charge is 2.30. The quantitative estimate of drug-likeness (QED) is 0.756. The Morgan fingerprint density at radius 3 is 2.76 bits per heavy atom. The zero-order valence-corrected chi connectivity index (χ0v) is 17.7. The van der Waals surface area contributed by atoms with Gasteiger partial charge in [0.15, 0.2) is 0 Å². The smallest absolute Gasteiger partial charge is 0.225 e. The molecule has 4 nitrogen and oxygen atoms in total. The number of amides is 1. The number of benzene rings is 1. The lowest BCUT2D eigenvalue weighted by atomic mass is 9.91. The fraction of sp³-hybridized carbons (Fsp3) is 0.500. The van der Waals surface area contributed by atoms with Gasteiger partial charge in [-0.25, -0.2) is 4.39 Å². The van der Waals surface area contributed by atoms with Crippen molar-refractivity contribution in [2.75, 3.05) is 6.54 Å². The molecule has 1 fully saturated rings. The Balaban J connectivity index is 1.77. The van der Waals surface area contributed by atoms with Crippen LogP contribution in [0.1, 0.15) is 63.8 Å². The second-order valence-electron chi connectivity index (χ2n) is 9.02. The largest absolute Gasteiger partial charge is 0.347 e. The Morgan fingerprint density at radius 2 is 2.07 bits per heavy atom. The number of nitrogens with zero attached hydrogens (tertiary/aromatic N) is 2. The van der Waals surface area contributed by atoms with Crippen molar-refractivity contribution in [3.05, 3.63) is 65.7 Å². The molecule has 2 atom stereocenters. The predicted octanol–water partition coefficient (Wildman–Crippen LogP) is 4.87. The van der Waals surface area contributed by atoms with Gasteiger partial charge in [0, 0.05) is 24.2 Å². The van der Waals surface area contributed by atoms with Crippen LogP contribution in [-0.2, 0) is 11.3 Å². The third-order valence-electron chi connectivity index (χ3n) is 5.56. The summed E-state index contributed by atoms with van der Waals surface area (Å²) in [5, 5.41) is 3.23. The van der Waals surface area contributed by atoms with Gasteiger partial charge in [-0.1, -0.05) is 45.4 Å². The van der Waals surface area contributed by atoms with E-state index in [4.69, 9.17) is 0 Å². The molecule has 0 spiro atoms. The van der Waals surface area contributed by atoms with Crippen molar-refractivity contribution in [3.8, 4) is 0 Å². The second-order valence-corrected chi connectivity index (χ2v) is 9.02. The van der Waals surface area contributed by atoms with Gasteiger partial charge in [-0.3, -0.25) is 14.7 Å². The van der Waals surface area contributed by atoms with Crippen LogP contribution in [0.15, 0.2) is 48.7 Å². The zero-order valence-electron chi connectivity index (χ0n) is 17.7. The fourth-order valence-electron chi connectivity index (χ4n) is 3.89. The first-order valence-electron chi connectivity index (χ1n) is 10.5. The molecule has 5 heteroatoms. The maximum atomic E-state index is 13.6. The second kappa shape index (κ2) is 9.49. The number of aromatic nitrogens is 1. The van der Waals surface area contributed by atoms with E-state index in [1.807, 2.05) is 45.0 Å². The SMILES string of the molecule is CC(C)(C)C(=O)N[C@H](C[C@@H]1CCCCN1Cc1cccc(F)c1)c1ccccn1. The molecule has 156 valence electrons. The highest BCUT2D eigenvalue weighted by atomic mass is 19.1. The Kier molecular flexibility index (Phi) is 7.01. The Bertz CT molecular complexity index is 803. The van der Waals surface area contributed by atoms with Gasteiger partial charge < -0.3 is 5.32 Å². The lowest BCUT2D eigenvalue weighted by molar-refractivity contribution is -0.129. The van der Waals surface area contributed by atoms with Gasteiger partial charge in [-0.05, 0) is 55.6 Å². The number of nitrogens with one attached hydrogen (secondary N) is 1. The van der Waals surface area contributed by atoms with Gasteiger partial charge >= 0.3 is 0 Å². The van der Waals surface area contributed by atoms with E-state index >= 15 is 0 Å². The molecule has 1 N–H and O–H groups in total. The van der Waals surface area contributed by atoms with E-state index < -0.39 is 5.41 Å². The van der Waals surface area contributed by atoms with Gasteiger partial charge in [-0.2, -0.15) is 0 Å². The average molecular weight is 398 g/mol.